The van der Waals surface area contributed by atoms with Crippen LogP contribution in [0.4, 0.5) is 0 Å². The molecule has 0 unspecified atom stereocenters. The molecule has 1 rings (SSSR count). The number of hydrogen-bond donors (Lipinski definition) is 0. The molecule has 1 nitrogen and oxygen atoms in total. The molecule has 0 aliphatic carbocycles. The van der Waals surface area contributed by atoms with Crippen LogP contribution in [0.1, 0.15) is 45.2 Å². The van der Waals surface area contributed by atoms with E-state index in [-0.39, 0.29) is 5.41 Å². The lowest BCUT2D eigenvalue weighted by Crippen LogP contribution is -2.13. The van der Waals surface area contributed by atoms with E-state index in [1.54, 1.807) is 0 Å². The lowest BCUT2D eigenvalue weighted by molar-refractivity contribution is 0.589. The molecular formula is C15H18ClN. The van der Waals surface area contributed by atoms with Crippen molar-refractivity contribution in [3.63, 3.8) is 0 Å². The minimum Gasteiger partial charge on any atom is -0.193 e. The van der Waals surface area contributed by atoms with Crippen LogP contribution in [-0.2, 0) is 5.41 Å². The summed E-state index contributed by atoms with van der Waals surface area (Å²) in [6.45, 7) is 8.39. The van der Waals surface area contributed by atoms with Crippen LogP contribution in [0, 0.1) is 11.3 Å². The van der Waals surface area contributed by atoms with Gasteiger partial charge in [-0.25, -0.2) is 0 Å². The Hall–Kier alpha value is -1.26. The molecule has 0 N–H and O–H groups in total. The van der Waals surface area contributed by atoms with E-state index in [9.17, 15) is 0 Å². The minimum absolute atomic E-state index is 0.0189. The summed E-state index contributed by atoms with van der Waals surface area (Å²) < 4.78 is 0. The Morgan fingerprint density at radius 3 is 2.35 bits per heavy atom. The summed E-state index contributed by atoms with van der Waals surface area (Å²) in [5, 5.41) is 9.64. The lowest BCUT2D eigenvalue weighted by Gasteiger charge is -2.22. The van der Waals surface area contributed by atoms with Crippen molar-refractivity contribution in [2.45, 2.75) is 39.5 Å². The molecule has 0 aliphatic rings. The summed E-state index contributed by atoms with van der Waals surface area (Å²) in [5.41, 5.74) is 2.81. The fourth-order valence-corrected chi connectivity index (χ4v) is 2.12. The van der Waals surface area contributed by atoms with Gasteiger partial charge in [0.25, 0.3) is 0 Å². The molecule has 0 fully saturated rings. The first-order chi connectivity index (χ1) is 7.91. The van der Waals surface area contributed by atoms with Gasteiger partial charge in [0, 0.05) is 5.57 Å². The average molecular weight is 248 g/mol. The molecule has 0 spiro atoms. The van der Waals surface area contributed by atoms with E-state index in [1.807, 2.05) is 25.1 Å². The second-order valence-electron chi connectivity index (χ2n) is 5.05. The number of benzene rings is 1. The fourth-order valence-electron chi connectivity index (χ4n) is 1.77. The third-order valence-electron chi connectivity index (χ3n) is 2.73. The summed E-state index contributed by atoms with van der Waals surface area (Å²) in [7, 11) is 0. The van der Waals surface area contributed by atoms with Crippen molar-refractivity contribution in [1.29, 1.82) is 5.26 Å². The van der Waals surface area contributed by atoms with E-state index in [0.29, 0.717) is 17.0 Å². The van der Waals surface area contributed by atoms with Gasteiger partial charge in [-0.2, -0.15) is 5.26 Å². The number of hydrogen-bond acceptors (Lipinski definition) is 1. The van der Waals surface area contributed by atoms with Gasteiger partial charge in [0.1, 0.15) is 0 Å². The maximum absolute atomic E-state index is 9.06. The van der Waals surface area contributed by atoms with Crippen LogP contribution < -0.4 is 0 Å². The first-order valence-corrected chi connectivity index (χ1v) is 6.18. The second-order valence-corrected chi connectivity index (χ2v) is 5.43. The van der Waals surface area contributed by atoms with Crippen LogP contribution in [0.15, 0.2) is 29.8 Å². The first-order valence-electron chi connectivity index (χ1n) is 5.80. The molecule has 0 radical (unpaired) electrons. The van der Waals surface area contributed by atoms with Crippen LogP contribution in [0.3, 0.4) is 0 Å². The van der Waals surface area contributed by atoms with E-state index >= 15 is 0 Å². The van der Waals surface area contributed by atoms with Gasteiger partial charge in [-0.05, 0) is 23.0 Å². The largest absolute Gasteiger partial charge is 0.193 e. The van der Waals surface area contributed by atoms with E-state index in [1.165, 1.54) is 5.56 Å². The Balaban J connectivity index is 3.44. The Morgan fingerprint density at radius 2 is 1.88 bits per heavy atom. The van der Waals surface area contributed by atoms with E-state index in [0.717, 1.165) is 5.56 Å². The molecule has 1 aromatic carbocycles. The summed E-state index contributed by atoms with van der Waals surface area (Å²) >= 11 is 6.34. The van der Waals surface area contributed by atoms with Crippen molar-refractivity contribution in [1.82, 2.24) is 0 Å². The maximum Gasteiger partial charge on any atom is 0.0962 e. The SMILES string of the molecule is CC/C(C#N)=C(/Cl)c1ccccc1C(C)(C)C. The second kappa shape index (κ2) is 5.38. The standard InChI is InChI=1S/C15H18ClN/c1-5-11(10-17)14(16)12-8-6-7-9-13(12)15(2,3)4/h6-9H,5H2,1-4H3/b14-11-. The molecule has 2 heteroatoms. The van der Waals surface area contributed by atoms with E-state index in [4.69, 9.17) is 16.9 Å². The van der Waals surface area contributed by atoms with E-state index < -0.39 is 0 Å². The molecule has 0 atom stereocenters. The molecule has 90 valence electrons. The van der Waals surface area contributed by atoms with Crippen LogP contribution >= 0.6 is 11.6 Å². The predicted octanol–water partition coefficient (Wildman–Crippen LogP) is 4.87. The molecule has 0 bridgehead atoms. The topological polar surface area (TPSA) is 23.8 Å². The van der Waals surface area contributed by atoms with Crippen molar-refractivity contribution in [2.24, 2.45) is 0 Å². The highest BCUT2D eigenvalue weighted by Crippen LogP contribution is 2.33. The molecular weight excluding hydrogens is 230 g/mol. The van der Waals surface area contributed by atoms with Crippen molar-refractivity contribution < 1.29 is 0 Å². The van der Waals surface area contributed by atoms with Crippen LogP contribution in [0.25, 0.3) is 5.03 Å². The van der Waals surface area contributed by atoms with Gasteiger partial charge in [0.15, 0.2) is 0 Å². The summed E-state index contributed by atoms with van der Waals surface area (Å²) in [6, 6.07) is 10.2. The Morgan fingerprint density at radius 1 is 1.29 bits per heavy atom. The third-order valence-corrected chi connectivity index (χ3v) is 3.16. The Kier molecular flexibility index (Phi) is 4.37. The third kappa shape index (κ3) is 3.11. The fraction of sp³-hybridized carbons (Fsp3) is 0.400. The van der Waals surface area contributed by atoms with Crippen LogP contribution in [-0.4, -0.2) is 0 Å². The molecule has 0 saturated heterocycles. The van der Waals surface area contributed by atoms with Crippen molar-refractivity contribution in [2.75, 3.05) is 0 Å². The summed E-state index contributed by atoms with van der Waals surface area (Å²) in [6.07, 6.45) is 0.661. The number of nitriles is 1. The van der Waals surface area contributed by atoms with Gasteiger partial charge in [0.05, 0.1) is 11.1 Å². The molecule has 0 heterocycles. The van der Waals surface area contributed by atoms with Crippen molar-refractivity contribution in [3.05, 3.63) is 41.0 Å². The average Bonchev–Trinajstić information content (AvgIpc) is 2.29. The Bertz CT molecular complexity index is 472. The zero-order valence-corrected chi connectivity index (χ0v) is 11.6. The van der Waals surface area contributed by atoms with Gasteiger partial charge in [0.2, 0.25) is 0 Å². The molecule has 1 aromatic rings. The molecule has 0 saturated carbocycles. The highest BCUT2D eigenvalue weighted by molar-refractivity contribution is 6.49. The summed E-state index contributed by atoms with van der Waals surface area (Å²) in [4.78, 5) is 0. The molecule has 17 heavy (non-hydrogen) atoms. The van der Waals surface area contributed by atoms with Gasteiger partial charge in [-0.1, -0.05) is 63.6 Å². The maximum atomic E-state index is 9.06. The van der Waals surface area contributed by atoms with E-state index in [2.05, 4.69) is 32.9 Å². The smallest absolute Gasteiger partial charge is 0.0962 e. The molecule has 0 aromatic heterocycles. The molecule has 0 aliphatic heterocycles. The molecule has 0 amide bonds. The number of rotatable bonds is 2. The van der Waals surface area contributed by atoms with Gasteiger partial charge in [-0.3, -0.25) is 0 Å². The first kappa shape index (κ1) is 13.8. The van der Waals surface area contributed by atoms with Gasteiger partial charge >= 0.3 is 0 Å². The van der Waals surface area contributed by atoms with Crippen LogP contribution in [0.5, 0.6) is 0 Å². The predicted molar refractivity (Wildman–Crippen MR) is 73.8 cm³/mol. The van der Waals surface area contributed by atoms with Crippen LogP contribution in [0.2, 0.25) is 0 Å². The lowest BCUT2D eigenvalue weighted by atomic mass is 9.83. The Labute approximate surface area is 109 Å². The highest BCUT2D eigenvalue weighted by atomic mass is 35.5. The number of nitrogens with zero attached hydrogens (tertiary/aromatic N) is 1. The highest BCUT2D eigenvalue weighted by Gasteiger charge is 2.19. The number of allylic oxidation sites excluding steroid dienone is 1. The van der Waals surface area contributed by atoms with Crippen molar-refractivity contribution >= 4 is 16.6 Å². The van der Waals surface area contributed by atoms with Gasteiger partial charge < -0.3 is 0 Å². The zero-order valence-electron chi connectivity index (χ0n) is 10.8. The zero-order chi connectivity index (χ0) is 13.1. The minimum atomic E-state index is 0.0189. The van der Waals surface area contributed by atoms with Gasteiger partial charge in [-0.15, -0.1) is 0 Å². The number of halogens is 1. The van der Waals surface area contributed by atoms with Crippen molar-refractivity contribution in [3.8, 4) is 6.07 Å². The quantitative estimate of drug-likeness (QED) is 0.684. The summed E-state index contributed by atoms with van der Waals surface area (Å²) in [5.74, 6) is 0. The normalized spacial score (nSPS) is 12.9. The monoisotopic (exact) mass is 247 g/mol.